The lowest BCUT2D eigenvalue weighted by molar-refractivity contribution is -0.125. The molecule has 22 heavy (non-hydrogen) atoms. The Bertz CT molecular complexity index is 706. The number of hydrogen-bond acceptors (Lipinski definition) is 6. The van der Waals surface area contributed by atoms with Crippen LogP contribution in [0.25, 0.3) is 0 Å². The van der Waals surface area contributed by atoms with E-state index in [0.29, 0.717) is 10.9 Å². The highest BCUT2D eigenvalue weighted by Gasteiger charge is 2.39. The van der Waals surface area contributed by atoms with Crippen LogP contribution in [0.4, 0.5) is 0 Å². The van der Waals surface area contributed by atoms with Gasteiger partial charge in [0.15, 0.2) is 16.4 Å². The smallest absolute Gasteiger partial charge is 0.340 e. The second kappa shape index (κ2) is 6.33. The zero-order valence-corrected chi connectivity index (χ0v) is 14.2. The van der Waals surface area contributed by atoms with Gasteiger partial charge in [-0.1, -0.05) is 0 Å². The Morgan fingerprint density at radius 2 is 2.18 bits per heavy atom. The van der Waals surface area contributed by atoms with Crippen molar-refractivity contribution in [2.75, 3.05) is 18.1 Å². The minimum atomic E-state index is -3.11. The fraction of sp³-hybridized carbons (Fsp3) is 0.462. The van der Waals surface area contributed by atoms with Crippen LogP contribution < -0.4 is 5.32 Å². The summed E-state index contributed by atoms with van der Waals surface area (Å²) in [6, 6.07) is 1.53. The Hall–Kier alpha value is -1.48. The lowest BCUT2D eigenvalue weighted by Gasteiger charge is -2.23. The van der Waals surface area contributed by atoms with Gasteiger partial charge in [-0.05, 0) is 35.3 Å². The van der Waals surface area contributed by atoms with Gasteiger partial charge < -0.3 is 10.1 Å². The lowest BCUT2D eigenvalue weighted by Crippen LogP contribution is -2.48. The molecule has 1 aliphatic rings. The maximum Gasteiger partial charge on any atom is 0.340 e. The van der Waals surface area contributed by atoms with Crippen LogP contribution in [0.2, 0.25) is 0 Å². The zero-order valence-electron chi connectivity index (χ0n) is 11.8. The molecule has 1 aromatic rings. The van der Waals surface area contributed by atoms with E-state index in [4.69, 9.17) is 4.74 Å². The summed E-state index contributed by atoms with van der Waals surface area (Å²) >= 11 is 3.18. The van der Waals surface area contributed by atoms with Gasteiger partial charge in [0.1, 0.15) is 0 Å². The Kier molecular flexibility index (Phi) is 4.86. The van der Waals surface area contributed by atoms with Crippen molar-refractivity contribution in [1.29, 1.82) is 0 Å². The molecule has 7 nitrogen and oxygen atoms in total. The maximum atomic E-state index is 11.8. The van der Waals surface area contributed by atoms with Crippen LogP contribution in [0.1, 0.15) is 23.7 Å². The molecule has 2 heterocycles. The van der Waals surface area contributed by atoms with E-state index in [0.717, 1.165) is 0 Å². The van der Waals surface area contributed by atoms with Crippen LogP contribution in [0, 0.1) is 0 Å². The van der Waals surface area contributed by atoms with Gasteiger partial charge in [0.2, 0.25) is 0 Å². The van der Waals surface area contributed by atoms with E-state index in [1.807, 2.05) is 0 Å². The summed E-state index contributed by atoms with van der Waals surface area (Å²) in [5.74, 6) is -1.26. The van der Waals surface area contributed by atoms with Crippen molar-refractivity contribution in [3.8, 4) is 0 Å². The zero-order chi connectivity index (χ0) is 16.4. The number of carbonyl (C=O) groups excluding carboxylic acids is 2. The van der Waals surface area contributed by atoms with Crippen LogP contribution in [0.3, 0.4) is 0 Å². The van der Waals surface area contributed by atoms with Gasteiger partial charge in [-0.2, -0.15) is 0 Å². The van der Waals surface area contributed by atoms with Gasteiger partial charge in [-0.25, -0.2) is 13.2 Å². The van der Waals surface area contributed by atoms with E-state index in [-0.39, 0.29) is 17.1 Å². The van der Waals surface area contributed by atoms with Gasteiger partial charge in [0, 0.05) is 16.9 Å². The third-order valence-electron chi connectivity index (χ3n) is 3.22. The summed E-state index contributed by atoms with van der Waals surface area (Å²) in [6.45, 7) is 1.19. The molecule has 1 amide bonds. The van der Waals surface area contributed by atoms with Crippen molar-refractivity contribution in [2.24, 2.45) is 0 Å². The molecule has 0 spiro atoms. The predicted octanol–water partition coefficient (Wildman–Crippen LogP) is 0.694. The molecule has 1 aliphatic heterocycles. The number of ether oxygens (including phenoxy) is 1. The number of pyridine rings is 1. The average Bonchev–Trinajstić information content (AvgIpc) is 2.69. The minimum absolute atomic E-state index is 0.0489. The molecule has 0 unspecified atom stereocenters. The third kappa shape index (κ3) is 4.51. The molecular formula is C13H15BrN2O5S. The SMILES string of the molecule is C[C@]1(NC(=O)COC(=O)c2cncc(Br)c2)CCS(=O)(=O)C1. The number of carbonyl (C=O) groups is 2. The first-order chi connectivity index (χ1) is 10.2. The van der Waals surface area contributed by atoms with Crippen LogP contribution in [0.5, 0.6) is 0 Å². The van der Waals surface area contributed by atoms with Crippen LogP contribution in [0.15, 0.2) is 22.9 Å². The van der Waals surface area contributed by atoms with Crippen LogP contribution in [-0.4, -0.2) is 48.9 Å². The van der Waals surface area contributed by atoms with Gasteiger partial charge in [-0.15, -0.1) is 0 Å². The largest absolute Gasteiger partial charge is 0.452 e. The molecule has 0 radical (unpaired) electrons. The fourth-order valence-electron chi connectivity index (χ4n) is 2.22. The highest BCUT2D eigenvalue weighted by molar-refractivity contribution is 9.10. The van der Waals surface area contributed by atoms with Gasteiger partial charge >= 0.3 is 5.97 Å². The highest BCUT2D eigenvalue weighted by Crippen LogP contribution is 2.22. The number of esters is 1. The van der Waals surface area contributed by atoms with E-state index in [1.54, 1.807) is 6.92 Å². The average molecular weight is 391 g/mol. The van der Waals surface area contributed by atoms with Crippen molar-refractivity contribution < 1.29 is 22.7 Å². The molecule has 1 N–H and O–H groups in total. The number of sulfone groups is 1. The summed E-state index contributed by atoms with van der Waals surface area (Å²) in [5.41, 5.74) is -0.587. The number of halogens is 1. The normalized spacial score (nSPS) is 23.0. The predicted molar refractivity (Wildman–Crippen MR) is 82.0 cm³/mol. The summed E-state index contributed by atoms with van der Waals surface area (Å²) in [7, 11) is -3.11. The van der Waals surface area contributed by atoms with Crippen molar-refractivity contribution in [3.05, 3.63) is 28.5 Å². The number of aromatic nitrogens is 1. The van der Waals surface area contributed by atoms with E-state index in [9.17, 15) is 18.0 Å². The van der Waals surface area contributed by atoms with Gasteiger partial charge in [0.25, 0.3) is 5.91 Å². The second-order valence-electron chi connectivity index (χ2n) is 5.42. The second-order valence-corrected chi connectivity index (χ2v) is 8.52. The quantitative estimate of drug-likeness (QED) is 0.758. The molecule has 1 atom stereocenters. The van der Waals surface area contributed by atoms with E-state index in [1.165, 1.54) is 18.5 Å². The highest BCUT2D eigenvalue weighted by atomic mass is 79.9. The molecule has 1 aromatic heterocycles. The Labute approximate surface area is 136 Å². The van der Waals surface area contributed by atoms with E-state index < -0.39 is 33.9 Å². The van der Waals surface area contributed by atoms with Gasteiger partial charge in [-0.3, -0.25) is 9.78 Å². The first-order valence-corrected chi connectivity index (χ1v) is 9.10. The molecule has 2 rings (SSSR count). The first kappa shape index (κ1) is 16.9. The van der Waals surface area contributed by atoms with Crippen molar-refractivity contribution in [1.82, 2.24) is 10.3 Å². The van der Waals surface area contributed by atoms with Crippen molar-refractivity contribution >= 4 is 37.6 Å². The number of nitrogens with zero attached hydrogens (tertiary/aromatic N) is 1. The van der Waals surface area contributed by atoms with Crippen LogP contribution >= 0.6 is 15.9 Å². The van der Waals surface area contributed by atoms with Crippen molar-refractivity contribution in [2.45, 2.75) is 18.9 Å². The summed E-state index contributed by atoms with van der Waals surface area (Å²) in [6.07, 6.45) is 3.20. The molecule has 0 aromatic carbocycles. The summed E-state index contributed by atoms with van der Waals surface area (Å²) in [4.78, 5) is 27.4. The number of rotatable bonds is 4. The number of hydrogen-bond donors (Lipinski definition) is 1. The molecular weight excluding hydrogens is 376 g/mol. The van der Waals surface area contributed by atoms with E-state index in [2.05, 4.69) is 26.2 Å². The van der Waals surface area contributed by atoms with Crippen LogP contribution in [-0.2, 0) is 19.4 Å². The Morgan fingerprint density at radius 1 is 1.45 bits per heavy atom. The summed E-state index contributed by atoms with van der Waals surface area (Å²) < 4.78 is 28.4. The maximum absolute atomic E-state index is 11.8. The molecule has 1 saturated heterocycles. The Balaban J connectivity index is 1.87. The Morgan fingerprint density at radius 3 is 2.77 bits per heavy atom. The summed E-state index contributed by atoms with van der Waals surface area (Å²) in [5, 5.41) is 2.61. The van der Waals surface area contributed by atoms with E-state index >= 15 is 0 Å². The van der Waals surface area contributed by atoms with Crippen molar-refractivity contribution in [3.63, 3.8) is 0 Å². The monoisotopic (exact) mass is 390 g/mol. The fourth-order valence-corrected chi connectivity index (χ4v) is 4.68. The standard InChI is InChI=1S/C13H15BrN2O5S/c1-13(2-3-22(19,20)8-13)16-11(17)7-21-12(18)9-4-10(14)6-15-5-9/h4-6H,2-3,7-8H2,1H3,(H,16,17)/t13-/m0/s1. The molecule has 0 bridgehead atoms. The lowest BCUT2D eigenvalue weighted by atomic mass is 10.0. The molecule has 120 valence electrons. The number of nitrogens with one attached hydrogen (secondary N) is 1. The third-order valence-corrected chi connectivity index (χ3v) is 5.56. The minimum Gasteiger partial charge on any atom is -0.452 e. The molecule has 0 saturated carbocycles. The first-order valence-electron chi connectivity index (χ1n) is 6.48. The van der Waals surface area contributed by atoms with Gasteiger partial charge in [0.05, 0.1) is 22.6 Å². The molecule has 1 fully saturated rings. The number of amides is 1. The molecule has 0 aliphatic carbocycles. The topological polar surface area (TPSA) is 102 Å². The molecule has 9 heteroatoms.